The molecule has 0 unspecified atom stereocenters. The molecule has 0 aromatic heterocycles. The van der Waals surface area contributed by atoms with Crippen LogP contribution in [0.2, 0.25) is 0 Å². The Balaban J connectivity index is 1.47. The first kappa shape index (κ1) is 15.3. The molecule has 5 heteroatoms. The van der Waals surface area contributed by atoms with E-state index >= 15 is 0 Å². The molecule has 2 atom stereocenters. The lowest BCUT2D eigenvalue weighted by atomic mass is 10.1. The van der Waals surface area contributed by atoms with Crippen molar-refractivity contribution in [2.24, 2.45) is 0 Å². The summed E-state index contributed by atoms with van der Waals surface area (Å²) in [6.45, 7) is 6.02. The van der Waals surface area contributed by atoms with E-state index in [1.165, 1.54) is 12.8 Å². The van der Waals surface area contributed by atoms with Crippen molar-refractivity contribution in [1.82, 2.24) is 10.2 Å². The van der Waals surface area contributed by atoms with Crippen molar-refractivity contribution in [2.75, 3.05) is 32.8 Å². The Hall–Kier alpha value is -1.59. The topological polar surface area (TPSA) is 50.8 Å². The van der Waals surface area contributed by atoms with Crippen molar-refractivity contribution in [1.29, 1.82) is 0 Å². The number of nitrogens with zero attached hydrogens (tertiary/aromatic N) is 1. The van der Waals surface area contributed by atoms with Gasteiger partial charge in [0.05, 0.1) is 19.3 Å². The van der Waals surface area contributed by atoms with Crippen LogP contribution in [0.5, 0.6) is 5.75 Å². The molecule has 1 aromatic rings. The van der Waals surface area contributed by atoms with Gasteiger partial charge in [-0.1, -0.05) is 0 Å². The lowest BCUT2D eigenvalue weighted by Gasteiger charge is -2.35. The largest absolute Gasteiger partial charge is 0.494 e. The van der Waals surface area contributed by atoms with Gasteiger partial charge < -0.3 is 14.8 Å². The fraction of sp³-hybridized carbons (Fsp3) is 0.588. The van der Waals surface area contributed by atoms with Crippen LogP contribution < -0.4 is 10.1 Å². The van der Waals surface area contributed by atoms with Crippen molar-refractivity contribution in [2.45, 2.75) is 31.9 Å². The van der Waals surface area contributed by atoms with E-state index in [4.69, 9.17) is 9.47 Å². The van der Waals surface area contributed by atoms with Crippen LogP contribution in [0.1, 0.15) is 30.1 Å². The van der Waals surface area contributed by atoms with Gasteiger partial charge in [0, 0.05) is 24.7 Å². The van der Waals surface area contributed by atoms with Crippen molar-refractivity contribution in [3.63, 3.8) is 0 Å². The molecule has 2 heterocycles. The predicted octanol–water partition coefficient (Wildman–Crippen LogP) is 1.68. The van der Waals surface area contributed by atoms with Crippen LogP contribution in [0.3, 0.4) is 0 Å². The van der Waals surface area contributed by atoms with Crippen molar-refractivity contribution in [3.05, 3.63) is 29.8 Å². The average Bonchev–Trinajstić information content (AvgIpc) is 3.01. The third-order valence-corrected chi connectivity index (χ3v) is 4.38. The summed E-state index contributed by atoms with van der Waals surface area (Å²) < 4.78 is 11.2. The molecule has 2 fully saturated rings. The smallest absolute Gasteiger partial charge is 0.251 e. The quantitative estimate of drug-likeness (QED) is 0.899. The molecule has 2 aliphatic rings. The Morgan fingerprint density at radius 3 is 3.00 bits per heavy atom. The van der Waals surface area contributed by atoms with Gasteiger partial charge in [-0.05, 0) is 50.6 Å². The number of carbonyl (C=O) groups excluding carboxylic acids is 1. The molecule has 22 heavy (non-hydrogen) atoms. The normalized spacial score (nSPS) is 24.8. The number of morpholine rings is 1. The first-order valence-corrected chi connectivity index (χ1v) is 8.13. The highest BCUT2D eigenvalue weighted by atomic mass is 16.5. The fourth-order valence-electron chi connectivity index (χ4n) is 3.19. The van der Waals surface area contributed by atoms with Crippen LogP contribution in [-0.2, 0) is 4.74 Å². The van der Waals surface area contributed by atoms with Gasteiger partial charge in [-0.15, -0.1) is 0 Å². The molecular weight excluding hydrogens is 280 g/mol. The lowest BCUT2D eigenvalue weighted by Crippen LogP contribution is -2.50. The molecule has 120 valence electrons. The summed E-state index contributed by atoms with van der Waals surface area (Å²) in [5.41, 5.74) is 0.651. The first-order chi connectivity index (χ1) is 10.8. The maximum absolute atomic E-state index is 12.2. The van der Waals surface area contributed by atoms with E-state index in [1.54, 1.807) is 12.1 Å². The Kier molecular flexibility index (Phi) is 4.95. The number of hydrogen-bond acceptors (Lipinski definition) is 4. The van der Waals surface area contributed by atoms with E-state index in [0.29, 0.717) is 24.8 Å². The van der Waals surface area contributed by atoms with Gasteiger partial charge in [-0.2, -0.15) is 0 Å². The Labute approximate surface area is 131 Å². The standard InChI is InChI=1S/C17H24N2O3/c1-2-21-15-7-5-13(6-8-15)17(20)18-10-16-11-19-9-3-4-14(19)12-22-16/h5-8,14,16H,2-4,9-12H2,1H3,(H,18,20)/t14-,16-/m0/s1. The molecule has 1 N–H and O–H groups in total. The minimum absolute atomic E-state index is 0.0600. The van der Waals surface area contributed by atoms with Crippen LogP contribution in [0.4, 0.5) is 0 Å². The van der Waals surface area contributed by atoms with Gasteiger partial charge in [-0.25, -0.2) is 0 Å². The molecule has 2 saturated heterocycles. The van der Waals surface area contributed by atoms with Crippen molar-refractivity contribution >= 4 is 5.91 Å². The number of nitrogens with one attached hydrogen (secondary N) is 1. The molecule has 5 nitrogen and oxygen atoms in total. The zero-order valence-electron chi connectivity index (χ0n) is 13.1. The fourth-order valence-corrected chi connectivity index (χ4v) is 3.19. The van der Waals surface area contributed by atoms with Gasteiger partial charge in [0.25, 0.3) is 5.91 Å². The molecule has 0 saturated carbocycles. The molecular formula is C17H24N2O3. The molecule has 2 aliphatic heterocycles. The van der Waals surface area contributed by atoms with Crippen LogP contribution in [0.15, 0.2) is 24.3 Å². The minimum Gasteiger partial charge on any atom is -0.494 e. The second kappa shape index (κ2) is 7.11. The zero-order chi connectivity index (χ0) is 15.4. The number of amides is 1. The lowest BCUT2D eigenvalue weighted by molar-refractivity contribution is -0.0461. The van der Waals surface area contributed by atoms with Gasteiger partial charge in [0.1, 0.15) is 5.75 Å². The highest BCUT2D eigenvalue weighted by Gasteiger charge is 2.32. The maximum atomic E-state index is 12.2. The Morgan fingerprint density at radius 1 is 1.41 bits per heavy atom. The van der Waals surface area contributed by atoms with Gasteiger partial charge in [0.2, 0.25) is 0 Å². The molecule has 1 aromatic carbocycles. The van der Waals surface area contributed by atoms with E-state index in [1.807, 2.05) is 19.1 Å². The van der Waals surface area contributed by atoms with Crippen LogP contribution in [-0.4, -0.2) is 55.8 Å². The van der Waals surface area contributed by atoms with Gasteiger partial charge in [-0.3, -0.25) is 9.69 Å². The average molecular weight is 304 g/mol. The molecule has 0 aliphatic carbocycles. The summed E-state index contributed by atoms with van der Waals surface area (Å²) in [5.74, 6) is 0.727. The second-order valence-electron chi connectivity index (χ2n) is 5.91. The molecule has 0 radical (unpaired) electrons. The SMILES string of the molecule is CCOc1ccc(C(=O)NC[C@H]2CN3CCC[C@H]3CO2)cc1. The van der Waals surface area contributed by atoms with E-state index in [0.717, 1.165) is 25.4 Å². The highest BCUT2D eigenvalue weighted by Crippen LogP contribution is 2.22. The third kappa shape index (κ3) is 3.59. The maximum Gasteiger partial charge on any atom is 0.251 e. The number of carbonyl (C=O) groups is 1. The molecule has 1 amide bonds. The third-order valence-electron chi connectivity index (χ3n) is 4.38. The van der Waals surface area contributed by atoms with Gasteiger partial charge in [0.15, 0.2) is 0 Å². The predicted molar refractivity (Wildman–Crippen MR) is 84.3 cm³/mol. The summed E-state index contributed by atoms with van der Waals surface area (Å²) in [6, 6.07) is 7.82. The summed E-state index contributed by atoms with van der Waals surface area (Å²) >= 11 is 0. The van der Waals surface area contributed by atoms with Gasteiger partial charge >= 0.3 is 0 Å². The number of ether oxygens (including phenoxy) is 2. The summed E-state index contributed by atoms with van der Waals surface area (Å²) in [4.78, 5) is 14.6. The van der Waals surface area contributed by atoms with Crippen LogP contribution in [0, 0.1) is 0 Å². The highest BCUT2D eigenvalue weighted by molar-refractivity contribution is 5.94. The molecule has 3 rings (SSSR count). The van der Waals surface area contributed by atoms with E-state index in [9.17, 15) is 4.79 Å². The number of hydrogen-bond donors (Lipinski definition) is 1. The molecule has 0 bridgehead atoms. The zero-order valence-corrected chi connectivity index (χ0v) is 13.1. The van der Waals surface area contributed by atoms with Crippen molar-refractivity contribution < 1.29 is 14.3 Å². The van der Waals surface area contributed by atoms with E-state index < -0.39 is 0 Å². The van der Waals surface area contributed by atoms with Crippen molar-refractivity contribution in [3.8, 4) is 5.75 Å². The van der Waals surface area contributed by atoms with E-state index in [-0.39, 0.29) is 12.0 Å². The number of benzene rings is 1. The minimum atomic E-state index is -0.0600. The van der Waals surface area contributed by atoms with E-state index in [2.05, 4.69) is 10.2 Å². The summed E-state index contributed by atoms with van der Waals surface area (Å²) in [6.07, 6.45) is 2.60. The summed E-state index contributed by atoms with van der Waals surface area (Å²) in [5, 5.41) is 2.97. The number of rotatable bonds is 5. The summed E-state index contributed by atoms with van der Waals surface area (Å²) in [7, 11) is 0. The van der Waals surface area contributed by atoms with Crippen LogP contribution >= 0.6 is 0 Å². The Bertz CT molecular complexity index is 503. The Morgan fingerprint density at radius 2 is 2.23 bits per heavy atom. The second-order valence-corrected chi connectivity index (χ2v) is 5.91. The monoisotopic (exact) mass is 304 g/mol. The molecule has 0 spiro atoms. The van der Waals surface area contributed by atoms with Crippen LogP contribution in [0.25, 0.3) is 0 Å². The first-order valence-electron chi connectivity index (χ1n) is 8.13. The number of fused-ring (bicyclic) bond motifs is 1.